The first-order chi connectivity index (χ1) is 13.4. The fourth-order valence-corrected chi connectivity index (χ4v) is 3.48. The molecule has 0 bridgehead atoms. The Kier molecular flexibility index (Phi) is 6.33. The molecule has 1 heterocycles. The van der Waals surface area contributed by atoms with Crippen molar-refractivity contribution in [3.05, 3.63) is 52.0 Å². The average molecular weight is 438 g/mol. The minimum absolute atomic E-state index is 0.0860. The fourth-order valence-electron chi connectivity index (χ4n) is 2.45. The first-order valence-electron chi connectivity index (χ1n) is 8.13. The normalized spacial score (nSPS) is 10.7. The van der Waals surface area contributed by atoms with Gasteiger partial charge in [-0.25, -0.2) is 4.68 Å². The lowest BCUT2D eigenvalue weighted by Gasteiger charge is -2.12. The van der Waals surface area contributed by atoms with Crippen molar-refractivity contribution < 1.29 is 9.53 Å². The zero-order valence-corrected chi connectivity index (χ0v) is 17.4. The summed E-state index contributed by atoms with van der Waals surface area (Å²) in [6.45, 7) is 1.85. The van der Waals surface area contributed by atoms with E-state index in [1.807, 2.05) is 19.1 Å². The molecule has 1 amide bonds. The van der Waals surface area contributed by atoms with Gasteiger partial charge in [-0.15, -0.1) is 10.2 Å². The monoisotopic (exact) mass is 437 g/mol. The number of methoxy groups -OCH3 is 1. The van der Waals surface area contributed by atoms with Crippen molar-refractivity contribution in [3.63, 3.8) is 0 Å². The number of thioether (sulfide) groups is 1. The number of nitrogens with zero attached hydrogens (tertiary/aromatic N) is 3. The molecule has 0 aliphatic heterocycles. The lowest BCUT2D eigenvalue weighted by molar-refractivity contribution is -0.113. The molecule has 0 atom stereocenters. The summed E-state index contributed by atoms with van der Waals surface area (Å²) in [6.07, 6.45) is 0. The van der Waals surface area contributed by atoms with Crippen molar-refractivity contribution in [3.8, 4) is 17.1 Å². The van der Waals surface area contributed by atoms with E-state index in [4.69, 9.17) is 33.8 Å². The molecule has 2 aromatic carbocycles. The molecule has 0 aliphatic rings. The van der Waals surface area contributed by atoms with E-state index in [1.165, 1.54) is 11.8 Å². The van der Waals surface area contributed by atoms with Gasteiger partial charge >= 0.3 is 0 Å². The van der Waals surface area contributed by atoms with Gasteiger partial charge in [-0.3, -0.25) is 4.79 Å². The largest absolute Gasteiger partial charge is 0.495 e. The molecule has 0 radical (unpaired) electrons. The highest BCUT2D eigenvalue weighted by molar-refractivity contribution is 7.99. The number of benzene rings is 2. The van der Waals surface area contributed by atoms with Crippen LogP contribution < -0.4 is 15.9 Å². The molecule has 10 heteroatoms. The van der Waals surface area contributed by atoms with Crippen molar-refractivity contribution >= 4 is 46.6 Å². The number of nitrogen functional groups attached to an aromatic ring is 1. The number of hydrogen-bond acceptors (Lipinski definition) is 6. The molecule has 7 nitrogen and oxygen atoms in total. The summed E-state index contributed by atoms with van der Waals surface area (Å²) < 4.78 is 6.57. The minimum atomic E-state index is -0.243. The Hall–Kier alpha value is -2.42. The van der Waals surface area contributed by atoms with Crippen LogP contribution in [0.4, 0.5) is 5.69 Å². The highest BCUT2D eigenvalue weighted by atomic mass is 35.5. The second-order valence-corrected chi connectivity index (χ2v) is 7.55. The van der Waals surface area contributed by atoms with Crippen LogP contribution in [0.3, 0.4) is 0 Å². The van der Waals surface area contributed by atoms with Crippen LogP contribution >= 0.6 is 35.0 Å². The maximum absolute atomic E-state index is 12.4. The highest BCUT2D eigenvalue weighted by Crippen LogP contribution is 2.31. The predicted molar refractivity (Wildman–Crippen MR) is 113 cm³/mol. The number of amides is 1. The predicted octanol–water partition coefficient (Wildman–Crippen LogP) is 4.01. The van der Waals surface area contributed by atoms with Crippen LogP contribution in [0.15, 0.2) is 41.6 Å². The molecule has 0 spiro atoms. The lowest BCUT2D eigenvalue weighted by Crippen LogP contribution is -2.17. The van der Waals surface area contributed by atoms with Gasteiger partial charge in [0.1, 0.15) is 5.75 Å². The van der Waals surface area contributed by atoms with Crippen molar-refractivity contribution in [2.75, 3.05) is 24.0 Å². The molecule has 0 saturated carbocycles. The standard InChI is InChI=1S/C18H17Cl2N5O2S/c1-10-7-14(15(27-2)8-13(10)20)22-16(26)9-28-18-24-23-17(25(18)21)11-5-3-4-6-12(11)19/h3-8H,9,21H2,1-2H3,(H,22,26). The second-order valence-electron chi connectivity index (χ2n) is 5.79. The van der Waals surface area contributed by atoms with E-state index in [-0.39, 0.29) is 11.7 Å². The van der Waals surface area contributed by atoms with E-state index >= 15 is 0 Å². The zero-order chi connectivity index (χ0) is 20.3. The van der Waals surface area contributed by atoms with Crippen LogP contribution in [0.25, 0.3) is 11.4 Å². The minimum Gasteiger partial charge on any atom is -0.495 e. The first kappa shape index (κ1) is 20.3. The Morgan fingerprint density at radius 3 is 2.71 bits per heavy atom. The number of carbonyl (C=O) groups is 1. The van der Waals surface area contributed by atoms with E-state index in [0.717, 1.165) is 17.3 Å². The third-order valence-electron chi connectivity index (χ3n) is 3.87. The summed E-state index contributed by atoms with van der Waals surface area (Å²) in [4.78, 5) is 12.4. The Labute approximate surface area is 176 Å². The van der Waals surface area contributed by atoms with Crippen molar-refractivity contribution in [1.82, 2.24) is 14.9 Å². The van der Waals surface area contributed by atoms with Gasteiger partial charge < -0.3 is 15.9 Å². The number of ether oxygens (including phenoxy) is 1. The summed E-state index contributed by atoms with van der Waals surface area (Å²) in [5.74, 6) is 6.82. The Morgan fingerprint density at radius 1 is 1.25 bits per heavy atom. The molecule has 0 unspecified atom stereocenters. The zero-order valence-electron chi connectivity index (χ0n) is 15.1. The Balaban J connectivity index is 1.69. The molecule has 3 N–H and O–H groups in total. The molecule has 0 aliphatic carbocycles. The second kappa shape index (κ2) is 8.72. The van der Waals surface area contributed by atoms with Crippen LogP contribution in [-0.2, 0) is 4.79 Å². The number of aromatic nitrogens is 3. The van der Waals surface area contributed by atoms with Gasteiger partial charge in [0.25, 0.3) is 0 Å². The molecule has 1 aromatic heterocycles. The third-order valence-corrected chi connectivity index (χ3v) is 5.55. The number of carbonyl (C=O) groups excluding carboxylic acids is 1. The smallest absolute Gasteiger partial charge is 0.234 e. The third kappa shape index (κ3) is 4.35. The number of rotatable bonds is 6. The summed E-state index contributed by atoms with van der Waals surface area (Å²) in [5.41, 5.74) is 2.04. The van der Waals surface area contributed by atoms with Gasteiger partial charge in [0, 0.05) is 16.7 Å². The van der Waals surface area contributed by atoms with Gasteiger partial charge in [-0.1, -0.05) is 47.1 Å². The molecule has 3 rings (SSSR count). The number of nitrogens with one attached hydrogen (secondary N) is 1. The summed E-state index contributed by atoms with van der Waals surface area (Å²) in [5, 5.41) is 12.4. The molecule has 146 valence electrons. The van der Waals surface area contributed by atoms with E-state index in [0.29, 0.717) is 38.0 Å². The Bertz CT molecular complexity index is 1030. The van der Waals surface area contributed by atoms with Gasteiger partial charge in [0.2, 0.25) is 11.1 Å². The summed E-state index contributed by atoms with van der Waals surface area (Å²) >= 11 is 13.4. The molecular formula is C18H17Cl2N5O2S. The topological polar surface area (TPSA) is 95.1 Å². The van der Waals surface area contributed by atoms with Crippen molar-refractivity contribution in [1.29, 1.82) is 0 Å². The fraction of sp³-hybridized carbons (Fsp3) is 0.167. The number of aryl methyl sites for hydroxylation is 1. The van der Waals surface area contributed by atoms with E-state index in [1.54, 1.807) is 24.3 Å². The van der Waals surface area contributed by atoms with Gasteiger partial charge in [-0.2, -0.15) is 0 Å². The van der Waals surface area contributed by atoms with E-state index < -0.39 is 0 Å². The van der Waals surface area contributed by atoms with Gasteiger partial charge in [0.15, 0.2) is 5.82 Å². The van der Waals surface area contributed by atoms with Crippen LogP contribution in [0.2, 0.25) is 10.0 Å². The highest BCUT2D eigenvalue weighted by Gasteiger charge is 2.16. The van der Waals surface area contributed by atoms with E-state index in [9.17, 15) is 4.79 Å². The maximum Gasteiger partial charge on any atom is 0.234 e. The molecule has 3 aromatic rings. The summed E-state index contributed by atoms with van der Waals surface area (Å²) in [6, 6.07) is 10.6. The number of anilines is 1. The van der Waals surface area contributed by atoms with Crippen LogP contribution in [0.5, 0.6) is 5.75 Å². The molecular weight excluding hydrogens is 421 g/mol. The summed E-state index contributed by atoms with van der Waals surface area (Å²) in [7, 11) is 1.51. The van der Waals surface area contributed by atoms with Crippen LogP contribution in [0.1, 0.15) is 5.56 Å². The molecule has 0 saturated heterocycles. The van der Waals surface area contributed by atoms with Gasteiger partial charge in [0.05, 0.1) is 23.6 Å². The number of halogens is 2. The maximum atomic E-state index is 12.4. The SMILES string of the molecule is COc1cc(Cl)c(C)cc1NC(=O)CSc1nnc(-c2ccccc2Cl)n1N. The van der Waals surface area contributed by atoms with Crippen molar-refractivity contribution in [2.45, 2.75) is 12.1 Å². The molecule has 0 fully saturated rings. The number of nitrogens with two attached hydrogens (primary N) is 1. The quantitative estimate of drug-likeness (QED) is 0.446. The average Bonchev–Trinajstić information content (AvgIpc) is 3.03. The Morgan fingerprint density at radius 2 is 2.00 bits per heavy atom. The lowest BCUT2D eigenvalue weighted by atomic mass is 10.2. The van der Waals surface area contributed by atoms with Crippen molar-refractivity contribution in [2.24, 2.45) is 0 Å². The molecule has 28 heavy (non-hydrogen) atoms. The van der Waals surface area contributed by atoms with Crippen LogP contribution in [-0.4, -0.2) is 33.6 Å². The van der Waals surface area contributed by atoms with Gasteiger partial charge in [-0.05, 0) is 30.7 Å². The van der Waals surface area contributed by atoms with Crippen LogP contribution in [0, 0.1) is 6.92 Å². The number of hydrogen-bond donors (Lipinski definition) is 2. The first-order valence-corrected chi connectivity index (χ1v) is 9.87. The van der Waals surface area contributed by atoms with E-state index in [2.05, 4.69) is 15.5 Å².